The summed E-state index contributed by atoms with van der Waals surface area (Å²) in [5, 5.41) is 2.58. The highest BCUT2D eigenvalue weighted by Crippen LogP contribution is 2.32. The van der Waals surface area contributed by atoms with Crippen LogP contribution in [0.2, 0.25) is 0 Å². The number of amides is 3. The predicted molar refractivity (Wildman–Crippen MR) is 69.7 cm³/mol. The Morgan fingerprint density at radius 3 is 2.80 bits per heavy atom. The Morgan fingerprint density at radius 2 is 2.05 bits per heavy atom. The van der Waals surface area contributed by atoms with Crippen LogP contribution in [-0.2, 0) is 11.3 Å². The van der Waals surface area contributed by atoms with Crippen LogP contribution in [0.4, 0.5) is 4.79 Å². The molecule has 1 aliphatic rings. The van der Waals surface area contributed by atoms with Crippen LogP contribution in [0, 0.1) is 0 Å². The molecule has 0 saturated heterocycles. The van der Waals surface area contributed by atoms with Gasteiger partial charge < -0.3 is 20.5 Å². The van der Waals surface area contributed by atoms with Gasteiger partial charge in [-0.25, -0.2) is 10.2 Å². The molecule has 1 heterocycles. The molecule has 2 rings (SSSR count). The molecule has 5 N–H and O–H groups in total. The predicted octanol–water partition coefficient (Wildman–Crippen LogP) is -0.407. The van der Waals surface area contributed by atoms with E-state index in [4.69, 9.17) is 15.2 Å². The number of hydrogen-bond donors (Lipinski definition) is 4. The number of nitrogens with one attached hydrogen (secondary N) is 3. The molecule has 0 saturated carbocycles. The topological polar surface area (TPSA) is 115 Å². The summed E-state index contributed by atoms with van der Waals surface area (Å²) < 4.78 is 10.4. The van der Waals surface area contributed by atoms with Crippen molar-refractivity contribution in [1.82, 2.24) is 16.2 Å². The lowest BCUT2D eigenvalue weighted by atomic mass is 10.2. The van der Waals surface area contributed by atoms with E-state index in [-0.39, 0.29) is 13.3 Å². The van der Waals surface area contributed by atoms with Gasteiger partial charge in [-0.1, -0.05) is 6.07 Å². The summed E-state index contributed by atoms with van der Waals surface area (Å²) >= 11 is 0. The minimum atomic E-state index is -0.691. The summed E-state index contributed by atoms with van der Waals surface area (Å²) in [4.78, 5) is 22.6. The Bertz CT molecular complexity index is 518. The number of hydrogen-bond acceptors (Lipinski definition) is 5. The molecule has 0 spiro atoms. The van der Waals surface area contributed by atoms with Gasteiger partial charge in [0.2, 0.25) is 6.79 Å². The molecule has 1 aromatic rings. The molecule has 1 aliphatic heterocycles. The van der Waals surface area contributed by atoms with Crippen molar-refractivity contribution in [2.75, 3.05) is 6.79 Å². The highest BCUT2D eigenvalue weighted by Gasteiger charge is 2.13. The molecule has 3 amide bonds. The summed E-state index contributed by atoms with van der Waals surface area (Å²) in [5.74, 6) is 0.862. The highest BCUT2D eigenvalue weighted by molar-refractivity contribution is 5.84. The quantitative estimate of drug-likeness (QED) is 0.562. The zero-order valence-corrected chi connectivity index (χ0v) is 10.9. The molecule has 0 unspecified atom stereocenters. The van der Waals surface area contributed by atoms with Gasteiger partial charge in [-0.2, -0.15) is 0 Å². The Morgan fingerprint density at radius 1 is 1.30 bits per heavy atom. The van der Waals surface area contributed by atoms with Crippen molar-refractivity contribution in [2.45, 2.75) is 19.5 Å². The maximum atomic E-state index is 11.4. The summed E-state index contributed by atoms with van der Waals surface area (Å²) in [6.45, 7) is 2.01. The van der Waals surface area contributed by atoms with Crippen molar-refractivity contribution >= 4 is 11.9 Å². The smallest absolute Gasteiger partial charge is 0.333 e. The molecule has 8 nitrogen and oxygen atoms in total. The Labute approximate surface area is 115 Å². The van der Waals surface area contributed by atoms with Gasteiger partial charge >= 0.3 is 6.03 Å². The van der Waals surface area contributed by atoms with Crippen molar-refractivity contribution in [3.63, 3.8) is 0 Å². The van der Waals surface area contributed by atoms with Crippen molar-refractivity contribution < 1.29 is 19.1 Å². The molecule has 0 aromatic heterocycles. The van der Waals surface area contributed by atoms with Crippen LogP contribution in [-0.4, -0.2) is 24.8 Å². The first kappa shape index (κ1) is 13.9. The Hall–Kier alpha value is -2.48. The fraction of sp³-hybridized carbons (Fsp3) is 0.333. The van der Waals surface area contributed by atoms with E-state index in [0.717, 1.165) is 5.56 Å². The van der Waals surface area contributed by atoms with Gasteiger partial charge in [-0.05, 0) is 24.6 Å². The number of hydrazine groups is 1. The van der Waals surface area contributed by atoms with Crippen molar-refractivity contribution in [2.24, 2.45) is 5.73 Å². The third-order valence-electron chi connectivity index (χ3n) is 2.60. The van der Waals surface area contributed by atoms with E-state index in [1.165, 1.54) is 6.92 Å². The molecule has 1 aromatic carbocycles. The summed E-state index contributed by atoms with van der Waals surface area (Å²) in [7, 11) is 0. The van der Waals surface area contributed by atoms with Crippen LogP contribution in [0.5, 0.6) is 11.5 Å². The molecular weight excluding hydrogens is 264 g/mol. The molecule has 0 aliphatic carbocycles. The average molecular weight is 280 g/mol. The van der Waals surface area contributed by atoms with E-state index in [9.17, 15) is 9.59 Å². The zero-order chi connectivity index (χ0) is 14.5. The van der Waals surface area contributed by atoms with Crippen molar-refractivity contribution in [3.05, 3.63) is 23.8 Å². The lowest BCUT2D eigenvalue weighted by molar-refractivity contribution is -0.122. The second-order valence-electron chi connectivity index (χ2n) is 4.27. The molecular formula is C12H16N4O4. The minimum Gasteiger partial charge on any atom is -0.454 e. The SMILES string of the molecule is C[C@@H](N)C(=O)NNC(=O)NCc1ccc2c(c1)OCO2. The highest BCUT2D eigenvalue weighted by atomic mass is 16.7. The monoisotopic (exact) mass is 280 g/mol. The minimum absolute atomic E-state index is 0.204. The molecule has 0 fully saturated rings. The maximum absolute atomic E-state index is 11.4. The largest absolute Gasteiger partial charge is 0.454 e. The number of nitrogens with two attached hydrogens (primary N) is 1. The Balaban J connectivity index is 1.77. The standard InChI is InChI=1S/C12H16N4O4/c1-7(13)11(17)15-16-12(18)14-5-8-2-3-9-10(4-8)20-6-19-9/h2-4,7H,5-6,13H2,1H3,(H,15,17)(H2,14,16,18)/t7-/m1/s1. The molecule has 0 bridgehead atoms. The lowest BCUT2D eigenvalue weighted by Gasteiger charge is -2.10. The fourth-order valence-electron chi connectivity index (χ4n) is 1.51. The van der Waals surface area contributed by atoms with E-state index in [1.54, 1.807) is 12.1 Å². The van der Waals surface area contributed by atoms with Gasteiger partial charge in [0.1, 0.15) is 0 Å². The van der Waals surface area contributed by atoms with Crippen LogP contribution in [0.25, 0.3) is 0 Å². The fourth-order valence-corrected chi connectivity index (χ4v) is 1.51. The number of fused-ring (bicyclic) bond motifs is 1. The van der Waals surface area contributed by atoms with Gasteiger partial charge in [0, 0.05) is 6.54 Å². The van der Waals surface area contributed by atoms with E-state index in [2.05, 4.69) is 16.2 Å². The number of urea groups is 1. The molecule has 20 heavy (non-hydrogen) atoms. The number of carbonyl (C=O) groups is 2. The van der Waals surface area contributed by atoms with Gasteiger partial charge in [0.15, 0.2) is 11.5 Å². The number of benzene rings is 1. The van der Waals surface area contributed by atoms with Crippen molar-refractivity contribution in [1.29, 1.82) is 0 Å². The van der Waals surface area contributed by atoms with E-state index in [1.807, 2.05) is 6.07 Å². The first-order valence-corrected chi connectivity index (χ1v) is 6.04. The van der Waals surface area contributed by atoms with Crippen LogP contribution < -0.4 is 31.4 Å². The van der Waals surface area contributed by atoms with Gasteiger partial charge in [0.05, 0.1) is 6.04 Å². The number of ether oxygens (including phenoxy) is 2. The van der Waals surface area contributed by atoms with Crippen LogP contribution in [0.1, 0.15) is 12.5 Å². The van der Waals surface area contributed by atoms with E-state index < -0.39 is 18.0 Å². The van der Waals surface area contributed by atoms with Crippen LogP contribution >= 0.6 is 0 Å². The van der Waals surface area contributed by atoms with Crippen LogP contribution in [0.15, 0.2) is 18.2 Å². The summed E-state index contributed by atoms with van der Waals surface area (Å²) in [5.41, 5.74) is 10.6. The molecule has 108 valence electrons. The average Bonchev–Trinajstić information content (AvgIpc) is 2.89. The van der Waals surface area contributed by atoms with Gasteiger partial charge in [-0.15, -0.1) is 0 Å². The van der Waals surface area contributed by atoms with Gasteiger partial charge in [-0.3, -0.25) is 10.2 Å². The van der Waals surface area contributed by atoms with Crippen molar-refractivity contribution in [3.8, 4) is 11.5 Å². The van der Waals surface area contributed by atoms with Gasteiger partial charge in [0.25, 0.3) is 5.91 Å². The summed E-state index contributed by atoms with van der Waals surface area (Å²) in [6.07, 6.45) is 0. The maximum Gasteiger partial charge on any atom is 0.333 e. The number of rotatable bonds is 3. The molecule has 8 heteroatoms. The Kier molecular flexibility index (Phi) is 4.26. The number of carbonyl (C=O) groups excluding carboxylic acids is 2. The summed E-state index contributed by atoms with van der Waals surface area (Å²) in [6, 6.07) is 4.15. The first-order valence-electron chi connectivity index (χ1n) is 6.04. The third kappa shape index (κ3) is 3.51. The van der Waals surface area contributed by atoms with Crippen LogP contribution in [0.3, 0.4) is 0 Å². The van der Waals surface area contributed by atoms with E-state index in [0.29, 0.717) is 11.5 Å². The zero-order valence-electron chi connectivity index (χ0n) is 10.9. The second-order valence-corrected chi connectivity index (χ2v) is 4.27. The first-order chi connectivity index (χ1) is 9.56. The van der Waals surface area contributed by atoms with E-state index >= 15 is 0 Å². The molecule has 0 radical (unpaired) electrons. The molecule has 1 atom stereocenters. The second kappa shape index (κ2) is 6.11. The lowest BCUT2D eigenvalue weighted by Crippen LogP contribution is -2.51. The third-order valence-corrected chi connectivity index (χ3v) is 2.60. The normalized spacial score (nSPS) is 13.5.